The Morgan fingerprint density at radius 3 is 2.17 bits per heavy atom. The lowest BCUT2D eigenvalue weighted by atomic mass is 9.94. The van der Waals surface area contributed by atoms with Crippen LogP contribution in [0.5, 0.6) is 0 Å². The highest BCUT2D eigenvalue weighted by molar-refractivity contribution is 7.46. The van der Waals surface area contributed by atoms with Gasteiger partial charge in [0.1, 0.15) is 18.8 Å². The van der Waals surface area contributed by atoms with Crippen molar-refractivity contribution in [2.75, 3.05) is 6.61 Å². The monoisotopic (exact) mass is 291 g/mol. The third-order valence-corrected chi connectivity index (χ3v) is 2.90. The largest absolute Gasteiger partial charge is 0.472 e. The molecule has 11 nitrogen and oxygen atoms in total. The third-order valence-electron chi connectivity index (χ3n) is 2.35. The van der Waals surface area contributed by atoms with Gasteiger partial charge in [-0.2, -0.15) is 0 Å². The molecule has 1 unspecified atom stereocenters. The fourth-order valence-electron chi connectivity index (χ4n) is 1.50. The minimum absolute atomic E-state index is 1.36. The molecule has 0 aromatic rings. The van der Waals surface area contributed by atoms with E-state index in [4.69, 9.17) is 20.6 Å². The van der Waals surface area contributed by atoms with Gasteiger partial charge in [0.05, 0.1) is 0 Å². The van der Waals surface area contributed by atoms with Crippen LogP contribution >= 0.6 is 7.82 Å². The van der Waals surface area contributed by atoms with Gasteiger partial charge in [0.2, 0.25) is 5.79 Å². The summed E-state index contributed by atoms with van der Waals surface area (Å²) in [5.41, 5.74) is 5.01. The summed E-state index contributed by atoms with van der Waals surface area (Å²) in [5.74, 6) is -5.88. The Morgan fingerprint density at radius 2 is 1.78 bits per heavy atom. The molecule has 1 rings (SSSR count). The van der Waals surface area contributed by atoms with Crippen molar-refractivity contribution in [3.8, 4) is 0 Å². The normalized spacial score (nSPS) is 46.1. The van der Waals surface area contributed by atoms with Crippen LogP contribution < -0.4 is 5.73 Å². The molecule has 9 N–H and O–H groups in total. The molecular formula is C6H14NO10P. The third kappa shape index (κ3) is 2.87. The molecule has 0 aromatic heterocycles. The quantitative estimate of drug-likeness (QED) is 0.184. The predicted octanol–water partition coefficient (Wildman–Crippen LogP) is -4.50. The summed E-state index contributed by atoms with van der Waals surface area (Å²) >= 11 is 0. The summed E-state index contributed by atoms with van der Waals surface area (Å²) in [5, 5.41) is 46.5. The first-order valence-electron chi connectivity index (χ1n) is 4.58. The summed E-state index contributed by atoms with van der Waals surface area (Å²) in [6, 6.07) is 0. The second-order valence-electron chi connectivity index (χ2n) is 3.79. The molecule has 1 fully saturated rings. The minimum atomic E-state index is -5.26. The van der Waals surface area contributed by atoms with Crippen molar-refractivity contribution in [3.05, 3.63) is 0 Å². The number of rotatable bonds is 3. The second kappa shape index (κ2) is 4.74. The van der Waals surface area contributed by atoms with Crippen LogP contribution in [0.3, 0.4) is 0 Å². The number of hydrogen-bond acceptors (Lipinski definition) is 9. The lowest BCUT2D eigenvalue weighted by Gasteiger charge is -2.49. The molecule has 0 saturated carbocycles. The van der Waals surface area contributed by atoms with E-state index in [1.165, 1.54) is 0 Å². The van der Waals surface area contributed by atoms with Gasteiger partial charge < -0.3 is 35.3 Å². The molecule has 5 atom stereocenters. The number of phosphoric ester groups is 1. The Kier molecular flexibility index (Phi) is 4.18. The van der Waals surface area contributed by atoms with Gasteiger partial charge in [-0.3, -0.25) is 10.5 Å². The van der Waals surface area contributed by atoms with Crippen molar-refractivity contribution in [2.45, 2.75) is 30.0 Å². The number of aliphatic hydroxyl groups is 5. The summed E-state index contributed by atoms with van der Waals surface area (Å²) < 4.78 is 19.1. The number of aliphatic hydroxyl groups excluding tert-OH is 4. The Labute approximate surface area is 100 Å². The molecule has 1 heterocycles. The predicted molar refractivity (Wildman–Crippen MR) is 51.2 cm³/mol. The van der Waals surface area contributed by atoms with Crippen LogP contribution in [0.4, 0.5) is 0 Å². The molecule has 0 amide bonds. The molecular weight excluding hydrogens is 277 g/mol. The molecule has 0 bridgehead atoms. The SMILES string of the molecule is NC1(O)O[C@](CO)(OP(=O)(O)O)[C@@H](O)[C@H](O)[C@H]1O. The first-order chi connectivity index (χ1) is 7.95. The number of nitrogens with two attached hydrogens (primary N) is 1. The second-order valence-corrected chi connectivity index (χ2v) is 4.95. The zero-order chi connectivity index (χ0) is 14.4. The molecule has 0 spiro atoms. The van der Waals surface area contributed by atoms with Gasteiger partial charge in [-0.1, -0.05) is 0 Å². The molecule has 1 aliphatic rings. The van der Waals surface area contributed by atoms with Crippen LogP contribution in [0.2, 0.25) is 0 Å². The molecule has 12 heteroatoms. The van der Waals surface area contributed by atoms with E-state index in [0.717, 1.165) is 0 Å². The van der Waals surface area contributed by atoms with Crippen molar-refractivity contribution in [1.82, 2.24) is 0 Å². The Bertz CT molecular complexity index is 356. The van der Waals surface area contributed by atoms with E-state index in [2.05, 4.69) is 9.26 Å². The van der Waals surface area contributed by atoms with Crippen LogP contribution in [0.25, 0.3) is 0 Å². The smallest absolute Gasteiger partial charge is 0.391 e. The van der Waals surface area contributed by atoms with E-state index in [0.29, 0.717) is 0 Å². The lowest BCUT2D eigenvalue weighted by molar-refractivity contribution is -0.425. The van der Waals surface area contributed by atoms with Crippen LogP contribution in [0.1, 0.15) is 0 Å². The van der Waals surface area contributed by atoms with E-state index in [9.17, 15) is 25.0 Å². The van der Waals surface area contributed by atoms with Gasteiger partial charge in [0, 0.05) is 0 Å². The van der Waals surface area contributed by atoms with Gasteiger partial charge in [0.25, 0.3) is 5.91 Å². The maximum Gasteiger partial charge on any atom is 0.472 e. The van der Waals surface area contributed by atoms with Crippen molar-refractivity contribution in [1.29, 1.82) is 0 Å². The summed E-state index contributed by atoms with van der Waals surface area (Å²) in [6.07, 6.45) is -6.63. The molecule has 1 saturated heterocycles. The van der Waals surface area contributed by atoms with E-state index in [-0.39, 0.29) is 0 Å². The van der Waals surface area contributed by atoms with Crippen LogP contribution in [0.15, 0.2) is 0 Å². The first-order valence-corrected chi connectivity index (χ1v) is 6.11. The molecule has 0 radical (unpaired) electrons. The minimum Gasteiger partial charge on any atom is -0.391 e. The Balaban J connectivity index is 3.14. The topological polar surface area (TPSA) is 203 Å². The van der Waals surface area contributed by atoms with E-state index < -0.39 is 44.4 Å². The maximum atomic E-state index is 10.7. The molecule has 0 aromatic carbocycles. The molecule has 0 aliphatic carbocycles. The standard InChI is InChI=1S/C6H14NO10P/c7-6(12)4(11)2(9)3(10)5(1-8,16-6)17-18(13,14)15/h2-4,8-12H,1,7H2,(H2,13,14,15)/t2-,3-,4+,5+,6?/m0/s1. The van der Waals surface area contributed by atoms with Crippen LogP contribution in [-0.4, -0.2) is 71.9 Å². The van der Waals surface area contributed by atoms with Crippen molar-refractivity contribution < 1.29 is 49.1 Å². The van der Waals surface area contributed by atoms with E-state index in [1.54, 1.807) is 0 Å². The van der Waals surface area contributed by atoms with Crippen LogP contribution in [0, 0.1) is 0 Å². The number of phosphoric acid groups is 1. The fraction of sp³-hybridized carbons (Fsp3) is 1.00. The lowest BCUT2D eigenvalue weighted by Crippen LogP contribution is -2.74. The van der Waals surface area contributed by atoms with Crippen molar-refractivity contribution >= 4 is 7.82 Å². The van der Waals surface area contributed by atoms with Crippen molar-refractivity contribution in [3.63, 3.8) is 0 Å². The summed E-state index contributed by atoms with van der Waals surface area (Å²) in [4.78, 5) is 17.3. The highest BCUT2D eigenvalue weighted by Crippen LogP contribution is 2.46. The fourth-order valence-corrected chi connectivity index (χ4v) is 2.11. The first kappa shape index (κ1) is 15.9. The number of hydrogen-bond donors (Lipinski definition) is 8. The average Bonchev–Trinajstić information content (AvgIpc) is 2.21. The maximum absolute atomic E-state index is 10.7. The summed E-state index contributed by atoms with van der Waals surface area (Å²) in [6.45, 7) is -1.36. The van der Waals surface area contributed by atoms with Crippen molar-refractivity contribution in [2.24, 2.45) is 5.73 Å². The zero-order valence-electron chi connectivity index (χ0n) is 8.82. The summed E-state index contributed by atoms with van der Waals surface area (Å²) in [7, 11) is -5.26. The van der Waals surface area contributed by atoms with Gasteiger partial charge in [-0.05, 0) is 0 Å². The highest BCUT2D eigenvalue weighted by atomic mass is 31.2. The van der Waals surface area contributed by atoms with Gasteiger partial charge in [-0.15, -0.1) is 0 Å². The highest BCUT2D eigenvalue weighted by Gasteiger charge is 2.61. The van der Waals surface area contributed by atoms with Gasteiger partial charge >= 0.3 is 7.82 Å². The molecule has 18 heavy (non-hydrogen) atoms. The Hall–Kier alpha value is -0.170. The van der Waals surface area contributed by atoms with Crippen LogP contribution in [-0.2, 0) is 13.8 Å². The van der Waals surface area contributed by atoms with E-state index in [1.807, 2.05) is 0 Å². The molecule has 1 aliphatic heterocycles. The number of ether oxygens (including phenoxy) is 1. The van der Waals surface area contributed by atoms with Gasteiger partial charge in [0.15, 0.2) is 6.10 Å². The average molecular weight is 291 g/mol. The Morgan fingerprint density at radius 1 is 1.28 bits per heavy atom. The molecule has 108 valence electrons. The van der Waals surface area contributed by atoms with Gasteiger partial charge in [-0.25, -0.2) is 9.09 Å². The van der Waals surface area contributed by atoms with E-state index >= 15 is 0 Å². The zero-order valence-corrected chi connectivity index (χ0v) is 9.71.